The fraction of sp³-hybridized carbons (Fsp3) is 0.556. The molecule has 2 nitrogen and oxygen atoms in total. The van der Waals surface area contributed by atoms with E-state index in [1.165, 1.54) is 0 Å². The molecule has 0 N–H and O–H groups in total. The summed E-state index contributed by atoms with van der Waals surface area (Å²) in [5, 5.41) is 0. The van der Waals surface area contributed by atoms with Crippen LogP contribution in [0, 0.1) is 11.8 Å². The first-order valence-electron chi connectivity index (χ1n) is 7.56. The van der Waals surface area contributed by atoms with Gasteiger partial charge in [-0.05, 0) is 24.7 Å². The molecular formula is C18H26O2. The van der Waals surface area contributed by atoms with Crippen LogP contribution in [0.5, 0.6) is 0 Å². The average molecular weight is 274 g/mol. The molecule has 0 saturated carbocycles. The van der Waals surface area contributed by atoms with Gasteiger partial charge in [0.15, 0.2) is 11.6 Å². The third-order valence-electron chi connectivity index (χ3n) is 3.43. The van der Waals surface area contributed by atoms with E-state index in [4.69, 9.17) is 0 Å². The minimum absolute atomic E-state index is 0.167. The summed E-state index contributed by atoms with van der Waals surface area (Å²) < 4.78 is 0. The Morgan fingerprint density at radius 2 is 1.05 bits per heavy atom. The van der Waals surface area contributed by atoms with Gasteiger partial charge in [-0.15, -0.1) is 0 Å². The number of rotatable bonds is 8. The fourth-order valence-electron chi connectivity index (χ4n) is 1.97. The highest BCUT2D eigenvalue weighted by atomic mass is 16.1. The van der Waals surface area contributed by atoms with Crippen molar-refractivity contribution in [3.8, 4) is 0 Å². The van der Waals surface area contributed by atoms with Crippen molar-refractivity contribution in [2.24, 2.45) is 11.8 Å². The molecule has 0 heterocycles. The smallest absolute Gasteiger partial charge is 0.162 e. The van der Waals surface area contributed by atoms with E-state index < -0.39 is 0 Å². The first kappa shape index (κ1) is 16.6. The molecular weight excluding hydrogens is 248 g/mol. The van der Waals surface area contributed by atoms with Gasteiger partial charge in [-0.2, -0.15) is 0 Å². The van der Waals surface area contributed by atoms with Gasteiger partial charge in [0.05, 0.1) is 0 Å². The van der Waals surface area contributed by atoms with Crippen molar-refractivity contribution < 1.29 is 9.59 Å². The lowest BCUT2D eigenvalue weighted by molar-refractivity contribution is 0.0964. The molecule has 0 amide bonds. The maximum absolute atomic E-state index is 12.0. The van der Waals surface area contributed by atoms with E-state index in [-0.39, 0.29) is 11.6 Å². The average Bonchev–Trinajstić information content (AvgIpc) is 2.42. The SMILES string of the molecule is CC(C)CCC(=O)c1ccc(C(=O)CCC(C)C)cc1. The molecule has 0 spiro atoms. The monoisotopic (exact) mass is 274 g/mol. The summed E-state index contributed by atoms with van der Waals surface area (Å²) in [6.45, 7) is 8.46. The lowest BCUT2D eigenvalue weighted by Crippen LogP contribution is -2.04. The quantitative estimate of drug-likeness (QED) is 0.630. The van der Waals surface area contributed by atoms with E-state index in [0.717, 1.165) is 12.8 Å². The first-order valence-corrected chi connectivity index (χ1v) is 7.56. The lowest BCUT2D eigenvalue weighted by atomic mass is 9.98. The molecule has 1 rings (SSSR count). The van der Waals surface area contributed by atoms with Gasteiger partial charge in [0.25, 0.3) is 0 Å². The predicted octanol–water partition coefficient (Wildman–Crippen LogP) is 4.92. The van der Waals surface area contributed by atoms with E-state index in [9.17, 15) is 9.59 Å². The second-order valence-corrected chi connectivity index (χ2v) is 6.29. The summed E-state index contributed by atoms with van der Waals surface area (Å²) in [5.74, 6) is 1.41. The van der Waals surface area contributed by atoms with Crippen LogP contribution < -0.4 is 0 Å². The Hall–Kier alpha value is -1.44. The minimum Gasteiger partial charge on any atom is -0.294 e. The number of hydrogen-bond acceptors (Lipinski definition) is 2. The molecule has 0 fully saturated rings. The Bertz CT molecular complexity index is 398. The van der Waals surface area contributed by atoms with Gasteiger partial charge in [0, 0.05) is 24.0 Å². The minimum atomic E-state index is 0.167. The number of carbonyl (C=O) groups is 2. The number of carbonyl (C=O) groups excluding carboxylic acids is 2. The number of hydrogen-bond donors (Lipinski definition) is 0. The van der Waals surface area contributed by atoms with Gasteiger partial charge in [0.1, 0.15) is 0 Å². The van der Waals surface area contributed by atoms with Crippen molar-refractivity contribution in [2.45, 2.75) is 53.4 Å². The summed E-state index contributed by atoms with van der Waals surface area (Å²) in [5.41, 5.74) is 1.43. The van der Waals surface area contributed by atoms with E-state index in [1.54, 1.807) is 24.3 Å². The Balaban J connectivity index is 2.59. The number of Topliss-reactive ketones (excluding diaryl/α,β-unsaturated/α-hetero) is 2. The normalized spacial score (nSPS) is 11.1. The first-order chi connectivity index (χ1) is 9.40. The number of benzene rings is 1. The lowest BCUT2D eigenvalue weighted by Gasteiger charge is -2.06. The van der Waals surface area contributed by atoms with Crippen LogP contribution in [-0.2, 0) is 0 Å². The summed E-state index contributed by atoms with van der Waals surface area (Å²) in [6.07, 6.45) is 2.98. The molecule has 2 heteroatoms. The molecule has 20 heavy (non-hydrogen) atoms. The van der Waals surface area contributed by atoms with Crippen LogP contribution in [0.2, 0.25) is 0 Å². The fourth-order valence-corrected chi connectivity index (χ4v) is 1.97. The van der Waals surface area contributed by atoms with Crippen LogP contribution in [0.4, 0.5) is 0 Å². The Morgan fingerprint density at radius 3 is 1.30 bits per heavy atom. The van der Waals surface area contributed by atoms with E-state index in [2.05, 4.69) is 27.7 Å². The molecule has 1 aromatic rings. The van der Waals surface area contributed by atoms with Crippen molar-refractivity contribution in [1.82, 2.24) is 0 Å². The standard InChI is InChI=1S/C18H26O2/c1-13(2)5-11-17(19)15-7-9-16(10-8-15)18(20)12-6-14(3)4/h7-10,13-14H,5-6,11-12H2,1-4H3. The molecule has 0 aliphatic heterocycles. The zero-order chi connectivity index (χ0) is 15.1. The second kappa shape index (κ2) is 7.98. The maximum Gasteiger partial charge on any atom is 0.162 e. The third-order valence-corrected chi connectivity index (χ3v) is 3.43. The second-order valence-electron chi connectivity index (χ2n) is 6.29. The molecule has 110 valence electrons. The summed E-state index contributed by atoms with van der Waals surface area (Å²) in [4.78, 5) is 23.9. The van der Waals surface area contributed by atoms with Crippen LogP contribution >= 0.6 is 0 Å². The Labute approximate surface area is 122 Å². The predicted molar refractivity (Wildman–Crippen MR) is 83.2 cm³/mol. The maximum atomic E-state index is 12.0. The van der Waals surface area contributed by atoms with Gasteiger partial charge < -0.3 is 0 Å². The molecule has 0 aliphatic rings. The third kappa shape index (κ3) is 5.68. The summed E-state index contributed by atoms with van der Waals surface area (Å²) in [7, 11) is 0. The highest BCUT2D eigenvalue weighted by Crippen LogP contribution is 2.14. The van der Waals surface area contributed by atoms with Crippen LogP contribution in [0.3, 0.4) is 0 Å². The van der Waals surface area contributed by atoms with Crippen LogP contribution in [-0.4, -0.2) is 11.6 Å². The number of ketones is 2. The van der Waals surface area contributed by atoms with Gasteiger partial charge in [-0.1, -0.05) is 52.0 Å². The van der Waals surface area contributed by atoms with Gasteiger partial charge in [-0.3, -0.25) is 9.59 Å². The van der Waals surface area contributed by atoms with Crippen molar-refractivity contribution in [1.29, 1.82) is 0 Å². The van der Waals surface area contributed by atoms with Gasteiger partial charge in [-0.25, -0.2) is 0 Å². The summed E-state index contributed by atoms with van der Waals surface area (Å²) in [6, 6.07) is 7.13. The van der Waals surface area contributed by atoms with Crippen molar-refractivity contribution in [2.75, 3.05) is 0 Å². The van der Waals surface area contributed by atoms with E-state index >= 15 is 0 Å². The van der Waals surface area contributed by atoms with Crippen LogP contribution in [0.25, 0.3) is 0 Å². The highest BCUT2D eigenvalue weighted by Gasteiger charge is 2.10. The molecule has 0 bridgehead atoms. The van der Waals surface area contributed by atoms with Crippen LogP contribution in [0.15, 0.2) is 24.3 Å². The molecule has 0 unspecified atom stereocenters. The van der Waals surface area contributed by atoms with E-state index in [0.29, 0.717) is 35.8 Å². The van der Waals surface area contributed by atoms with Crippen molar-refractivity contribution >= 4 is 11.6 Å². The molecule has 0 atom stereocenters. The molecule has 0 saturated heterocycles. The Morgan fingerprint density at radius 1 is 0.750 bits per heavy atom. The molecule has 0 aromatic heterocycles. The zero-order valence-electron chi connectivity index (χ0n) is 13.1. The molecule has 0 aliphatic carbocycles. The highest BCUT2D eigenvalue weighted by molar-refractivity contribution is 5.99. The molecule has 0 radical (unpaired) electrons. The Kier molecular flexibility index (Phi) is 6.63. The van der Waals surface area contributed by atoms with Crippen molar-refractivity contribution in [3.63, 3.8) is 0 Å². The van der Waals surface area contributed by atoms with Gasteiger partial charge >= 0.3 is 0 Å². The van der Waals surface area contributed by atoms with E-state index in [1.807, 2.05) is 0 Å². The topological polar surface area (TPSA) is 34.1 Å². The van der Waals surface area contributed by atoms with Crippen LogP contribution in [0.1, 0.15) is 74.1 Å². The van der Waals surface area contributed by atoms with Gasteiger partial charge in [0.2, 0.25) is 0 Å². The van der Waals surface area contributed by atoms with Crippen molar-refractivity contribution in [3.05, 3.63) is 35.4 Å². The zero-order valence-corrected chi connectivity index (χ0v) is 13.1. The molecule has 1 aromatic carbocycles. The largest absolute Gasteiger partial charge is 0.294 e. The summed E-state index contributed by atoms with van der Waals surface area (Å²) >= 11 is 0.